The molecule has 3 nitrogen and oxygen atoms in total. The molecule has 29 heavy (non-hydrogen) atoms. The number of halogens is 2. The minimum atomic E-state index is -0.701. The molecule has 4 aliphatic rings. The molecule has 0 N–H and O–H groups in total. The van der Waals surface area contributed by atoms with Crippen molar-refractivity contribution in [2.75, 3.05) is 4.90 Å². The molecule has 1 aliphatic heterocycles. The molecule has 2 amide bonds. The minimum Gasteiger partial charge on any atom is -0.274 e. The first kappa shape index (κ1) is 17.6. The summed E-state index contributed by atoms with van der Waals surface area (Å²) in [6.07, 6.45) is 0. The van der Waals surface area contributed by atoms with E-state index in [4.69, 9.17) is 0 Å². The van der Waals surface area contributed by atoms with Crippen LogP contribution in [0.15, 0.2) is 77.3 Å². The van der Waals surface area contributed by atoms with E-state index >= 15 is 0 Å². The Balaban J connectivity index is 1.63. The molecule has 142 valence electrons. The standard InChI is InChI=1S/C24H15Br2NO2/c25-13-6-5-7-14(12-13)27-22(28)20-19-15-8-1-3-10-17(15)24(26,21(20)23(27)29)18-11-4-2-9-16(18)19/h1-12,19-21H/t19?,20-,21-,24?/m0/s1. The number of carbonyl (C=O) groups is 2. The van der Waals surface area contributed by atoms with Crippen LogP contribution in [0, 0.1) is 11.8 Å². The fourth-order valence-electron chi connectivity index (χ4n) is 5.55. The largest absolute Gasteiger partial charge is 0.274 e. The molecule has 1 heterocycles. The quantitative estimate of drug-likeness (QED) is 0.328. The minimum absolute atomic E-state index is 0.111. The van der Waals surface area contributed by atoms with E-state index in [-0.39, 0.29) is 17.7 Å². The monoisotopic (exact) mass is 507 g/mol. The number of anilines is 1. The Bertz CT molecular complexity index is 1170. The topological polar surface area (TPSA) is 37.4 Å². The summed E-state index contributed by atoms with van der Waals surface area (Å²) in [7, 11) is 0. The Morgan fingerprint density at radius 2 is 1.41 bits per heavy atom. The van der Waals surface area contributed by atoms with Crippen LogP contribution in [0.25, 0.3) is 0 Å². The fourth-order valence-corrected chi connectivity index (χ4v) is 7.14. The molecule has 2 bridgehead atoms. The van der Waals surface area contributed by atoms with E-state index in [9.17, 15) is 9.59 Å². The van der Waals surface area contributed by atoms with Gasteiger partial charge < -0.3 is 0 Å². The van der Waals surface area contributed by atoms with Crippen molar-refractivity contribution in [1.29, 1.82) is 0 Å². The van der Waals surface area contributed by atoms with Crippen molar-refractivity contribution in [2.45, 2.75) is 10.2 Å². The van der Waals surface area contributed by atoms with Crippen LogP contribution in [0.1, 0.15) is 28.2 Å². The summed E-state index contributed by atoms with van der Waals surface area (Å²) in [5.74, 6) is -1.24. The van der Waals surface area contributed by atoms with Crippen LogP contribution < -0.4 is 4.90 Å². The number of imide groups is 1. The van der Waals surface area contributed by atoms with Gasteiger partial charge in [0.15, 0.2) is 0 Å². The third-order valence-electron chi connectivity index (χ3n) is 6.58. The molecule has 2 atom stereocenters. The maximum absolute atomic E-state index is 13.7. The predicted octanol–water partition coefficient (Wildman–Crippen LogP) is 5.35. The highest BCUT2D eigenvalue weighted by atomic mass is 79.9. The molecule has 1 fully saturated rings. The highest BCUT2D eigenvalue weighted by Gasteiger charge is 2.67. The second-order valence-electron chi connectivity index (χ2n) is 7.86. The second kappa shape index (κ2) is 5.89. The van der Waals surface area contributed by atoms with Crippen molar-refractivity contribution >= 4 is 49.4 Å². The van der Waals surface area contributed by atoms with Gasteiger partial charge in [0, 0.05) is 10.4 Å². The summed E-state index contributed by atoms with van der Waals surface area (Å²) >= 11 is 7.47. The van der Waals surface area contributed by atoms with E-state index in [1.54, 1.807) is 0 Å². The summed E-state index contributed by atoms with van der Waals surface area (Å²) in [4.78, 5) is 28.8. The lowest BCUT2D eigenvalue weighted by Gasteiger charge is -2.51. The lowest BCUT2D eigenvalue weighted by atomic mass is 9.55. The number of amides is 2. The van der Waals surface area contributed by atoms with Gasteiger partial charge in [-0.1, -0.05) is 86.5 Å². The highest BCUT2D eigenvalue weighted by molar-refractivity contribution is 9.10. The zero-order valence-electron chi connectivity index (χ0n) is 15.2. The van der Waals surface area contributed by atoms with E-state index in [0.29, 0.717) is 5.69 Å². The van der Waals surface area contributed by atoms with Crippen molar-refractivity contribution in [3.05, 3.63) is 99.5 Å². The van der Waals surface area contributed by atoms with E-state index in [1.165, 1.54) is 4.90 Å². The average molecular weight is 509 g/mol. The first-order valence-corrected chi connectivity index (χ1v) is 11.1. The number of rotatable bonds is 1. The molecule has 0 aromatic heterocycles. The van der Waals surface area contributed by atoms with Gasteiger partial charge in [-0.3, -0.25) is 9.59 Å². The van der Waals surface area contributed by atoms with Gasteiger partial charge in [0.05, 0.1) is 21.8 Å². The summed E-state index contributed by atoms with van der Waals surface area (Å²) in [5.41, 5.74) is 5.10. The summed E-state index contributed by atoms with van der Waals surface area (Å²) in [6, 6.07) is 23.8. The van der Waals surface area contributed by atoms with Crippen LogP contribution in [0.2, 0.25) is 0 Å². The third kappa shape index (κ3) is 2.07. The second-order valence-corrected chi connectivity index (χ2v) is 10.0. The number of hydrogen-bond donors (Lipinski definition) is 0. The Morgan fingerprint density at radius 1 is 0.793 bits per heavy atom. The van der Waals surface area contributed by atoms with Gasteiger partial charge in [-0.2, -0.15) is 0 Å². The molecule has 1 saturated heterocycles. The number of carbonyl (C=O) groups excluding carboxylic acids is 2. The molecule has 7 rings (SSSR count). The number of nitrogens with zero attached hydrogens (tertiary/aromatic N) is 1. The first-order chi connectivity index (χ1) is 14.0. The summed E-state index contributed by atoms with van der Waals surface area (Å²) in [6.45, 7) is 0. The highest BCUT2D eigenvalue weighted by Crippen LogP contribution is 2.66. The predicted molar refractivity (Wildman–Crippen MR) is 118 cm³/mol. The zero-order valence-corrected chi connectivity index (χ0v) is 18.4. The summed E-state index contributed by atoms with van der Waals surface area (Å²) < 4.78 is 0.140. The molecule has 3 aromatic rings. The molecular weight excluding hydrogens is 494 g/mol. The third-order valence-corrected chi connectivity index (χ3v) is 8.42. The molecule has 3 aromatic carbocycles. The van der Waals surface area contributed by atoms with Crippen molar-refractivity contribution in [1.82, 2.24) is 0 Å². The van der Waals surface area contributed by atoms with Crippen LogP contribution in [0.3, 0.4) is 0 Å². The normalized spacial score (nSPS) is 28.9. The lowest BCUT2D eigenvalue weighted by Crippen LogP contribution is -2.50. The molecule has 0 unspecified atom stereocenters. The summed E-state index contributed by atoms with van der Waals surface area (Å²) in [5, 5.41) is 0. The first-order valence-electron chi connectivity index (χ1n) is 9.54. The molecule has 0 saturated carbocycles. The number of benzene rings is 3. The van der Waals surface area contributed by atoms with Gasteiger partial charge in [0.1, 0.15) is 0 Å². The van der Waals surface area contributed by atoms with Crippen molar-refractivity contribution in [3.63, 3.8) is 0 Å². The Labute approximate surface area is 185 Å². The van der Waals surface area contributed by atoms with Crippen molar-refractivity contribution < 1.29 is 9.59 Å². The zero-order chi connectivity index (χ0) is 19.9. The maximum atomic E-state index is 13.7. The van der Waals surface area contributed by atoms with E-state index in [1.807, 2.05) is 48.5 Å². The van der Waals surface area contributed by atoms with E-state index < -0.39 is 16.2 Å². The van der Waals surface area contributed by atoms with Gasteiger partial charge in [0.25, 0.3) is 0 Å². The SMILES string of the molecule is O=C1[C@@H]2[C@@H](C(=O)N1c1cccc(Br)c1)C1c3ccccc3C2(Br)c2ccccc21. The maximum Gasteiger partial charge on any atom is 0.239 e. The Kier molecular flexibility index (Phi) is 3.58. The van der Waals surface area contributed by atoms with E-state index in [0.717, 1.165) is 26.7 Å². The molecule has 0 spiro atoms. The van der Waals surface area contributed by atoms with E-state index in [2.05, 4.69) is 56.1 Å². The van der Waals surface area contributed by atoms with Crippen molar-refractivity contribution in [2.24, 2.45) is 11.8 Å². The average Bonchev–Trinajstić information content (AvgIpc) is 3.00. The Hall–Kier alpha value is -2.24. The van der Waals surface area contributed by atoms with Crippen molar-refractivity contribution in [3.8, 4) is 0 Å². The van der Waals surface area contributed by atoms with Crippen LogP contribution >= 0.6 is 31.9 Å². The van der Waals surface area contributed by atoms with Gasteiger partial charge in [0.2, 0.25) is 11.8 Å². The van der Waals surface area contributed by atoms with Gasteiger partial charge in [-0.25, -0.2) is 4.90 Å². The molecule has 0 radical (unpaired) electrons. The van der Waals surface area contributed by atoms with Crippen LogP contribution in [-0.4, -0.2) is 11.8 Å². The van der Waals surface area contributed by atoms with Gasteiger partial charge in [-0.05, 0) is 40.5 Å². The van der Waals surface area contributed by atoms with Crippen LogP contribution in [0.4, 0.5) is 5.69 Å². The molecule has 3 aliphatic carbocycles. The molecule has 5 heteroatoms. The van der Waals surface area contributed by atoms with Gasteiger partial charge >= 0.3 is 0 Å². The molecular formula is C24H15Br2NO2. The number of alkyl halides is 1. The van der Waals surface area contributed by atoms with Gasteiger partial charge in [-0.15, -0.1) is 0 Å². The smallest absolute Gasteiger partial charge is 0.239 e. The fraction of sp³-hybridized carbons (Fsp3) is 0.167. The van der Waals surface area contributed by atoms with Crippen LogP contribution in [0.5, 0.6) is 0 Å². The Morgan fingerprint density at radius 3 is 2.03 bits per heavy atom. The lowest BCUT2D eigenvalue weighted by molar-refractivity contribution is -0.122. The number of hydrogen-bond acceptors (Lipinski definition) is 2. The van der Waals surface area contributed by atoms with Crippen LogP contribution in [-0.2, 0) is 13.9 Å².